The molecule has 2 aromatic carbocycles. The van der Waals surface area contributed by atoms with Crippen LogP contribution in [0.5, 0.6) is 0 Å². The fourth-order valence-corrected chi connectivity index (χ4v) is 4.28. The molecule has 1 saturated carbocycles. The highest BCUT2D eigenvalue weighted by Gasteiger charge is 2.27. The van der Waals surface area contributed by atoms with Crippen molar-refractivity contribution < 1.29 is 4.79 Å². The van der Waals surface area contributed by atoms with E-state index in [0.29, 0.717) is 11.0 Å². The normalized spacial score (nSPS) is 13.5. The van der Waals surface area contributed by atoms with E-state index >= 15 is 0 Å². The van der Waals surface area contributed by atoms with Crippen LogP contribution in [0.2, 0.25) is 0 Å². The van der Waals surface area contributed by atoms with Crippen molar-refractivity contribution in [2.75, 3.05) is 11.6 Å². The van der Waals surface area contributed by atoms with E-state index in [1.165, 1.54) is 0 Å². The number of rotatable bonds is 6. The quantitative estimate of drug-likeness (QED) is 0.455. The van der Waals surface area contributed by atoms with Crippen molar-refractivity contribution in [3.8, 4) is 11.1 Å². The molecule has 0 atom stereocenters. The van der Waals surface area contributed by atoms with E-state index in [1.807, 2.05) is 67.0 Å². The first-order chi connectivity index (χ1) is 15.1. The summed E-state index contributed by atoms with van der Waals surface area (Å²) in [6, 6.07) is 17.8. The number of nitrogens with zero attached hydrogens (tertiary/aromatic N) is 3. The highest BCUT2D eigenvalue weighted by Crippen LogP contribution is 2.34. The van der Waals surface area contributed by atoms with E-state index in [4.69, 9.17) is 0 Å². The van der Waals surface area contributed by atoms with Gasteiger partial charge >= 0.3 is 0 Å². The number of carbonyl (C=O) groups excluding carboxylic acids is 1. The maximum absolute atomic E-state index is 13.3. The topological polar surface area (TPSA) is 68.9 Å². The molecule has 0 saturated heterocycles. The van der Waals surface area contributed by atoms with E-state index in [-0.39, 0.29) is 24.1 Å². The summed E-state index contributed by atoms with van der Waals surface area (Å²) in [5.41, 5.74) is 3.58. The van der Waals surface area contributed by atoms with Crippen molar-refractivity contribution in [1.82, 2.24) is 14.1 Å². The zero-order valence-electron chi connectivity index (χ0n) is 17.1. The minimum atomic E-state index is -0.184. The van der Waals surface area contributed by atoms with Crippen LogP contribution in [-0.4, -0.2) is 26.3 Å². The average Bonchev–Trinajstić information content (AvgIpc) is 3.56. The summed E-state index contributed by atoms with van der Waals surface area (Å²) in [4.78, 5) is 31.8. The Morgan fingerprint density at radius 1 is 1.16 bits per heavy atom. The highest BCUT2D eigenvalue weighted by molar-refractivity contribution is 7.98. The van der Waals surface area contributed by atoms with E-state index in [2.05, 4.69) is 10.3 Å². The molecule has 156 valence electrons. The van der Waals surface area contributed by atoms with Gasteiger partial charge in [0.25, 0.3) is 5.56 Å². The second kappa shape index (κ2) is 8.07. The number of hydrogen-bond donors (Lipinski definition) is 1. The van der Waals surface area contributed by atoms with Crippen molar-refractivity contribution in [3.05, 3.63) is 77.5 Å². The zero-order chi connectivity index (χ0) is 21.4. The van der Waals surface area contributed by atoms with E-state index in [0.717, 1.165) is 34.6 Å². The lowest BCUT2D eigenvalue weighted by Crippen LogP contribution is -2.24. The summed E-state index contributed by atoms with van der Waals surface area (Å²) in [5, 5.41) is 2.95. The van der Waals surface area contributed by atoms with Gasteiger partial charge in [-0.25, -0.2) is 4.98 Å². The number of fused-ring (bicyclic) bond motifs is 1. The van der Waals surface area contributed by atoms with Crippen LogP contribution in [0.4, 0.5) is 5.69 Å². The van der Waals surface area contributed by atoms with Gasteiger partial charge in [0, 0.05) is 28.4 Å². The number of amides is 1. The maximum atomic E-state index is 13.3. The third-order valence-electron chi connectivity index (χ3n) is 5.49. The molecule has 1 aliphatic carbocycles. The molecule has 0 radical (unpaired) electrons. The van der Waals surface area contributed by atoms with E-state index < -0.39 is 0 Å². The Morgan fingerprint density at radius 3 is 2.71 bits per heavy atom. The van der Waals surface area contributed by atoms with Crippen molar-refractivity contribution in [3.63, 3.8) is 0 Å². The number of carbonyl (C=O) groups is 1. The lowest BCUT2D eigenvalue weighted by molar-refractivity contribution is -0.116. The van der Waals surface area contributed by atoms with Gasteiger partial charge in [0.1, 0.15) is 17.6 Å². The van der Waals surface area contributed by atoms with Gasteiger partial charge in [0.15, 0.2) is 0 Å². The molecule has 6 nitrogen and oxygen atoms in total. The predicted octanol–water partition coefficient (Wildman–Crippen LogP) is 4.56. The molecule has 2 heterocycles. The summed E-state index contributed by atoms with van der Waals surface area (Å²) < 4.78 is 3.44. The van der Waals surface area contributed by atoms with Gasteiger partial charge in [0.05, 0.1) is 6.33 Å². The zero-order valence-corrected chi connectivity index (χ0v) is 17.9. The molecule has 5 rings (SSSR count). The number of aromatic nitrogens is 3. The lowest BCUT2D eigenvalue weighted by Gasteiger charge is -2.09. The van der Waals surface area contributed by atoms with Crippen LogP contribution >= 0.6 is 11.8 Å². The first kappa shape index (κ1) is 19.6. The largest absolute Gasteiger partial charge is 0.332 e. The summed E-state index contributed by atoms with van der Waals surface area (Å²) in [5.74, 6) is -0.184. The minimum Gasteiger partial charge on any atom is -0.332 e. The van der Waals surface area contributed by atoms with Crippen LogP contribution in [0.3, 0.4) is 0 Å². The van der Waals surface area contributed by atoms with Crippen LogP contribution in [0.15, 0.2) is 76.8 Å². The van der Waals surface area contributed by atoms with Crippen LogP contribution in [-0.2, 0) is 11.3 Å². The van der Waals surface area contributed by atoms with Crippen molar-refractivity contribution >= 4 is 34.4 Å². The first-order valence-electron chi connectivity index (χ1n) is 10.2. The summed E-state index contributed by atoms with van der Waals surface area (Å²) in [6.45, 7) is 0.0401. The number of nitrogens with one attached hydrogen (secondary N) is 1. The summed E-state index contributed by atoms with van der Waals surface area (Å²) in [6.07, 6.45) is 7.49. The van der Waals surface area contributed by atoms with Crippen LogP contribution < -0.4 is 10.9 Å². The first-order valence-corrected chi connectivity index (χ1v) is 11.5. The Balaban J connectivity index is 1.54. The second-order valence-electron chi connectivity index (χ2n) is 7.70. The molecule has 7 heteroatoms. The van der Waals surface area contributed by atoms with Crippen LogP contribution in [0.1, 0.15) is 18.9 Å². The van der Waals surface area contributed by atoms with Crippen LogP contribution in [0, 0.1) is 0 Å². The standard InChI is InChI=1S/C24H22N4O2S/c1-31-19-9-5-8-17(12-19)26-21(29)14-27-13-20(16-6-3-2-4-7-16)22-23(27)24(30)28(15-25-22)18-10-11-18/h2-9,12-13,15,18H,10-11,14H2,1H3,(H,26,29). The molecule has 0 bridgehead atoms. The maximum Gasteiger partial charge on any atom is 0.278 e. The Bertz CT molecular complexity index is 1320. The van der Waals surface area contributed by atoms with Gasteiger partial charge in [-0.3, -0.25) is 14.2 Å². The third-order valence-corrected chi connectivity index (χ3v) is 6.22. The van der Waals surface area contributed by atoms with Gasteiger partial charge in [-0.15, -0.1) is 11.8 Å². The number of benzene rings is 2. The number of hydrogen-bond acceptors (Lipinski definition) is 4. The summed E-state index contributed by atoms with van der Waals surface area (Å²) in [7, 11) is 0. The molecule has 0 aliphatic heterocycles. The van der Waals surface area contributed by atoms with Crippen molar-refractivity contribution in [2.24, 2.45) is 0 Å². The Hall–Kier alpha value is -3.32. The van der Waals surface area contributed by atoms with Gasteiger partial charge in [-0.1, -0.05) is 36.4 Å². The smallest absolute Gasteiger partial charge is 0.278 e. The van der Waals surface area contributed by atoms with Gasteiger partial charge in [0.2, 0.25) is 5.91 Å². The highest BCUT2D eigenvalue weighted by atomic mass is 32.2. The lowest BCUT2D eigenvalue weighted by atomic mass is 10.1. The Morgan fingerprint density at radius 2 is 1.97 bits per heavy atom. The molecular formula is C24H22N4O2S. The van der Waals surface area contributed by atoms with Gasteiger partial charge in [-0.05, 0) is 42.9 Å². The van der Waals surface area contributed by atoms with E-state index in [9.17, 15) is 9.59 Å². The fourth-order valence-electron chi connectivity index (χ4n) is 3.82. The molecule has 0 unspecified atom stereocenters. The number of thioether (sulfide) groups is 1. The molecule has 1 fully saturated rings. The minimum absolute atomic E-state index is 0.0401. The Labute approximate surface area is 183 Å². The molecule has 4 aromatic rings. The van der Waals surface area contributed by atoms with E-state index in [1.54, 1.807) is 27.2 Å². The van der Waals surface area contributed by atoms with Crippen molar-refractivity contribution in [2.45, 2.75) is 30.3 Å². The predicted molar refractivity (Wildman–Crippen MR) is 125 cm³/mol. The molecule has 31 heavy (non-hydrogen) atoms. The monoisotopic (exact) mass is 430 g/mol. The third kappa shape index (κ3) is 3.88. The molecule has 2 aromatic heterocycles. The molecular weight excluding hydrogens is 408 g/mol. The molecule has 1 aliphatic rings. The Kier molecular flexibility index (Phi) is 5.11. The number of anilines is 1. The molecule has 1 N–H and O–H groups in total. The fraction of sp³-hybridized carbons (Fsp3) is 0.208. The van der Waals surface area contributed by atoms with Gasteiger partial charge < -0.3 is 9.88 Å². The van der Waals surface area contributed by atoms with Crippen LogP contribution in [0.25, 0.3) is 22.2 Å². The summed E-state index contributed by atoms with van der Waals surface area (Å²) >= 11 is 1.62. The average molecular weight is 431 g/mol. The second-order valence-corrected chi connectivity index (χ2v) is 8.58. The SMILES string of the molecule is CSc1cccc(NC(=O)Cn2cc(-c3ccccc3)c3ncn(C4CC4)c(=O)c32)c1. The molecule has 0 spiro atoms. The molecule has 1 amide bonds. The van der Waals surface area contributed by atoms with Crippen molar-refractivity contribution in [1.29, 1.82) is 0 Å². The van der Waals surface area contributed by atoms with Gasteiger partial charge in [-0.2, -0.15) is 0 Å².